The topological polar surface area (TPSA) is 58.6 Å². The largest absolute Gasteiger partial charge is 0.457 e. The number of fused-ring (bicyclic) bond motifs is 1. The van der Waals surface area contributed by atoms with Crippen LogP contribution in [0.25, 0.3) is 0 Å². The molecule has 29 heavy (non-hydrogen) atoms. The van der Waals surface area contributed by atoms with Crippen LogP contribution in [0.1, 0.15) is 10.4 Å². The van der Waals surface area contributed by atoms with Gasteiger partial charge in [-0.3, -0.25) is 9.59 Å². The molecule has 3 aromatic rings. The highest BCUT2D eigenvalue weighted by Crippen LogP contribution is 2.33. The molecule has 3 aromatic carbocycles. The van der Waals surface area contributed by atoms with Crippen LogP contribution in [0.4, 0.5) is 5.69 Å². The van der Waals surface area contributed by atoms with Gasteiger partial charge in [-0.15, -0.1) is 11.8 Å². The molecule has 6 heteroatoms. The molecular weight excluding hydrogens is 384 g/mol. The summed E-state index contributed by atoms with van der Waals surface area (Å²) in [5.74, 6) is 1.30. The maximum absolute atomic E-state index is 12.9. The fourth-order valence-corrected chi connectivity index (χ4v) is 4.22. The molecule has 1 atom stereocenters. The number of anilines is 1. The number of nitrogens with zero attached hydrogens (tertiary/aromatic N) is 1. The van der Waals surface area contributed by atoms with Gasteiger partial charge in [-0.1, -0.05) is 36.4 Å². The Kier molecular flexibility index (Phi) is 5.53. The first-order valence-electron chi connectivity index (χ1n) is 9.25. The van der Waals surface area contributed by atoms with Gasteiger partial charge in [0.1, 0.15) is 17.5 Å². The molecule has 0 saturated heterocycles. The van der Waals surface area contributed by atoms with Crippen molar-refractivity contribution in [1.29, 1.82) is 0 Å². The number of carbonyl (C=O) groups excluding carboxylic acids is 2. The minimum atomic E-state index is -0.608. The number of rotatable bonds is 4. The number of amides is 2. The standard InChI is InChI=1S/C23H20N2O3S/c1-25-20-12-5-6-13-21(20)29-15-19(23(25)27)24-22(26)16-8-7-11-18(14-16)28-17-9-3-2-4-10-17/h2-14,19H,15H2,1H3,(H,24,26). The maximum Gasteiger partial charge on any atom is 0.252 e. The van der Waals surface area contributed by atoms with Crippen LogP contribution in [0.15, 0.2) is 83.8 Å². The average molecular weight is 404 g/mol. The van der Waals surface area contributed by atoms with Crippen LogP contribution in [-0.2, 0) is 4.79 Å². The van der Waals surface area contributed by atoms with Crippen molar-refractivity contribution in [1.82, 2.24) is 5.32 Å². The molecule has 0 aliphatic carbocycles. The Labute approximate surface area is 173 Å². The van der Waals surface area contributed by atoms with Crippen molar-refractivity contribution in [2.45, 2.75) is 10.9 Å². The van der Waals surface area contributed by atoms with Crippen molar-refractivity contribution < 1.29 is 14.3 Å². The Morgan fingerprint density at radius 2 is 1.72 bits per heavy atom. The van der Waals surface area contributed by atoms with Crippen LogP contribution < -0.4 is 15.0 Å². The normalized spacial score (nSPS) is 16.0. The SMILES string of the molecule is CN1C(=O)C(NC(=O)c2cccc(Oc3ccccc3)c2)CSc2ccccc21. The Bertz CT molecular complexity index is 1040. The molecule has 1 aliphatic rings. The van der Waals surface area contributed by atoms with Crippen molar-refractivity contribution in [2.24, 2.45) is 0 Å². The second-order valence-corrected chi connectivity index (χ2v) is 7.71. The van der Waals surface area contributed by atoms with E-state index in [0.29, 0.717) is 22.8 Å². The van der Waals surface area contributed by atoms with E-state index in [1.165, 1.54) is 0 Å². The Hall–Kier alpha value is -3.25. The van der Waals surface area contributed by atoms with Gasteiger partial charge >= 0.3 is 0 Å². The third kappa shape index (κ3) is 4.27. The smallest absolute Gasteiger partial charge is 0.252 e. The van der Waals surface area contributed by atoms with Crippen LogP contribution in [0.5, 0.6) is 11.5 Å². The summed E-state index contributed by atoms with van der Waals surface area (Å²) >= 11 is 1.57. The summed E-state index contributed by atoms with van der Waals surface area (Å²) in [5, 5.41) is 2.87. The van der Waals surface area contributed by atoms with Crippen molar-refractivity contribution >= 4 is 29.3 Å². The fourth-order valence-electron chi connectivity index (χ4n) is 3.12. The Morgan fingerprint density at radius 1 is 1.00 bits per heavy atom. The van der Waals surface area contributed by atoms with Gasteiger partial charge < -0.3 is 15.0 Å². The number of para-hydroxylation sites is 2. The summed E-state index contributed by atoms with van der Waals surface area (Å²) in [6.07, 6.45) is 0. The molecule has 0 aromatic heterocycles. The second-order valence-electron chi connectivity index (χ2n) is 6.64. The van der Waals surface area contributed by atoms with E-state index in [4.69, 9.17) is 4.74 Å². The van der Waals surface area contributed by atoms with Gasteiger partial charge in [-0.2, -0.15) is 0 Å². The molecule has 0 bridgehead atoms. The van der Waals surface area contributed by atoms with Crippen LogP contribution in [0, 0.1) is 0 Å². The van der Waals surface area contributed by atoms with E-state index in [1.807, 2.05) is 54.6 Å². The van der Waals surface area contributed by atoms with E-state index < -0.39 is 6.04 Å². The fraction of sp³-hybridized carbons (Fsp3) is 0.130. The lowest BCUT2D eigenvalue weighted by Crippen LogP contribution is -2.48. The van der Waals surface area contributed by atoms with Crippen LogP contribution in [0.2, 0.25) is 0 Å². The predicted molar refractivity (Wildman–Crippen MR) is 115 cm³/mol. The number of hydrogen-bond acceptors (Lipinski definition) is 4. The molecule has 5 nitrogen and oxygen atoms in total. The zero-order valence-corrected chi connectivity index (χ0v) is 16.7. The molecule has 4 rings (SSSR count). The van der Waals surface area contributed by atoms with E-state index in [1.54, 1.807) is 48.0 Å². The summed E-state index contributed by atoms with van der Waals surface area (Å²) in [6.45, 7) is 0. The number of ether oxygens (including phenoxy) is 1. The monoisotopic (exact) mass is 404 g/mol. The number of likely N-dealkylation sites (N-methyl/N-ethyl adjacent to an activating group) is 1. The minimum Gasteiger partial charge on any atom is -0.457 e. The molecule has 1 aliphatic heterocycles. The summed E-state index contributed by atoms with van der Waals surface area (Å²) in [4.78, 5) is 28.3. The summed E-state index contributed by atoms with van der Waals surface area (Å²) in [5.41, 5.74) is 1.30. The van der Waals surface area contributed by atoms with Gasteiger partial charge in [0.15, 0.2) is 0 Å². The Morgan fingerprint density at radius 3 is 2.55 bits per heavy atom. The molecule has 1 unspecified atom stereocenters. The molecule has 0 saturated carbocycles. The average Bonchev–Trinajstić information content (AvgIpc) is 2.87. The number of carbonyl (C=O) groups is 2. The zero-order valence-electron chi connectivity index (χ0n) is 15.9. The Balaban J connectivity index is 1.48. The molecular formula is C23H20N2O3S. The van der Waals surface area contributed by atoms with E-state index >= 15 is 0 Å². The van der Waals surface area contributed by atoms with Crippen LogP contribution in [0.3, 0.4) is 0 Å². The lowest BCUT2D eigenvalue weighted by molar-refractivity contribution is -0.119. The first-order chi connectivity index (χ1) is 14.1. The number of benzene rings is 3. The van der Waals surface area contributed by atoms with Crippen LogP contribution >= 0.6 is 11.8 Å². The molecule has 146 valence electrons. The van der Waals surface area contributed by atoms with Crippen molar-refractivity contribution in [3.63, 3.8) is 0 Å². The highest BCUT2D eigenvalue weighted by atomic mass is 32.2. The second kappa shape index (κ2) is 8.41. The first-order valence-corrected chi connectivity index (χ1v) is 10.2. The summed E-state index contributed by atoms with van der Waals surface area (Å²) in [7, 11) is 1.74. The maximum atomic E-state index is 12.9. The van der Waals surface area contributed by atoms with E-state index in [-0.39, 0.29) is 11.8 Å². The van der Waals surface area contributed by atoms with Crippen molar-refractivity contribution in [3.05, 3.63) is 84.4 Å². The highest BCUT2D eigenvalue weighted by Gasteiger charge is 2.29. The molecule has 1 heterocycles. The summed E-state index contributed by atoms with van der Waals surface area (Å²) < 4.78 is 5.80. The van der Waals surface area contributed by atoms with Crippen LogP contribution in [-0.4, -0.2) is 30.7 Å². The minimum absolute atomic E-state index is 0.132. The number of hydrogen-bond donors (Lipinski definition) is 1. The summed E-state index contributed by atoms with van der Waals surface area (Å²) in [6, 6.07) is 23.5. The quantitative estimate of drug-likeness (QED) is 0.703. The predicted octanol–water partition coefficient (Wildman–Crippen LogP) is 4.35. The molecule has 1 N–H and O–H groups in total. The van der Waals surface area contributed by atoms with Gasteiger partial charge in [0.25, 0.3) is 5.91 Å². The van der Waals surface area contributed by atoms with E-state index in [2.05, 4.69) is 5.32 Å². The van der Waals surface area contributed by atoms with Gasteiger partial charge in [0, 0.05) is 23.3 Å². The molecule has 0 spiro atoms. The van der Waals surface area contributed by atoms with Gasteiger partial charge in [-0.05, 0) is 42.5 Å². The lowest BCUT2D eigenvalue weighted by atomic mass is 10.1. The third-order valence-electron chi connectivity index (χ3n) is 4.64. The molecule has 2 amide bonds. The van der Waals surface area contributed by atoms with Gasteiger partial charge in [0.05, 0.1) is 5.69 Å². The number of nitrogens with one attached hydrogen (secondary N) is 1. The van der Waals surface area contributed by atoms with Crippen molar-refractivity contribution in [2.75, 3.05) is 17.7 Å². The third-order valence-corrected chi connectivity index (χ3v) is 5.80. The van der Waals surface area contributed by atoms with Gasteiger partial charge in [0.2, 0.25) is 5.91 Å². The zero-order chi connectivity index (χ0) is 20.2. The van der Waals surface area contributed by atoms with Crippen molar-refractivity contribution in [3.8, 4) is 11.5 Å². The first kappa shape index (κ1) is 19.1. The van der Waals surface area contributed by atoms with Gasteiger partial charge in [-0.25, -0.2) is 0 Å². The molecule has 0 radical (unpaired) electrons. The van der Waals surface area contributed by atoms with E-state index in [9.17, 15) is 9.59 Å². The molecule has 0 fully saturated rings. The van der Waals surface area contributed by atoms with E-state index in [0.717, 1.165) is 10.6 Å². The lowest BCUT2D eigenvalue weighted by Gasteiger charge is -2.21. The highest BCUT2D eigenvalue weighted by molar-refractivity contribution is 7.99. The number of thioether (sulfide) groups is 1.